The Hall–Kier alpha value is -1.81. The van der Waals surface area contributed by atoms with Gasteiger partial charge in [-0.3, -0.25) is 4.90 Å². The number of nitrogens with zero attached hydrogens (tertiary/aromatic N) is 2. The summed E-state index contributed by atoms with van der Waals surface area (Å²) in [5.74, 6) is 0. The molecule has 19 heavy (non-hydrogen) atoms. The fourth-order valence-corrected chi connectivity index (χ4v) is 1.79. The third-order valence-corrected chi connectivity index (χ3v) is 2.91. The zero-order valence-electron chi connectivity index (χ0n) is 12.0. The maximum absolute atomic E-state index is 5.53. The van der Waals surface area contributed by atoms with Gasteiger partial charge < -0.3 is 9.73 Å². The van der Waals surface area contributed by atoms with Crippen LogP contribution in [0.4, 0.5) is 11.7 Å². The Bertz CT molecular complexity index is 534. The van der Waals surface area contributed by atoms with E-state index in [1.807, 2.05) is 24.1 Å². The predicted molar refractivity (Wildman–Crippen MR) is 77.7 cm³/mol. The van der Waals surface area contributed by atoms with Crippen LogP contribution in [0, 0.1) is 6.92 Å². The van der Waals surface area contributed by atoms with Crippen molar-refractivity contribution in [1.29, 1.82) is 0 Å². The Kier molecular flexibility index (Phi) is 4.22. The highest BCUT2D eigenvalue weighted by Crippen LogP contribution is 2.23. The van der Waals surface area contributed by atoms with Crippen LogP contribution in [0.1, 0.15) is 25.1 Å². The van der Waals surface area contributed by atoms with Crippen molar-refractivity contribution in [1.82, 2.24) is 10.3 Å². The largest absolute Gasteiger partial charge is 0.431 e. The number of hydrogen-bond acceptors (Lipinski definition) is 4. The smallest absolute Gasteiger partial charge is 0.301 e. The molecule has 1 aromatic carbocycles. The molecule has 0 aliphatic rings. The molecule has 0 fully saturated rings. The quantitative estimate of drug-likeness (QED) is 0.895. The van der Waals surface area contributed by atoms with Gasteiger partial charge in [0.15, 0.2) is 0 Å². The summed E-state index contributed by atoms with van der Waals surface area (Å²) >= 11 is 0. The van der Waals surface area contributed by atoms with Crippen molar-refractivity contribution in [3.63, 3.8) is 0 Å². The van der Waals surface area contributed by atoms with Crippen molar-refractivity contribution >= 4 is 11.7 Å². The van der Waals surface area contributed by atoms with Gasteiger partial charge in [-0.1, -0.05) is 26.0 Å². The topological polar surface area (TPSA) is 41.3 Å². The summed E-state index contributed by atoms with van der Waals surface area (Å²) in [5.41, 5.74) is 3.21. The van der Waals surface area contributed by atoms with Crippen molar-refractivity contribution in [3.05, 3.63) is 41.8 Å². The maximum Gasteiger partial charge on any atom is 0.301 e. The Balaban J connectivity index is 2.09. The summed E-state index contributed by atoms with van der Waals surface area (Å²) in [5, 5.41) is 3.32. The van der Waals surface area contributed by atoms with Crippen molar-refractivity contribution in [3.8, 4) is 0 Å². The molecule has 4 nitrogen and oxygen atoms in total. The SMILES string of the molecule is Cc1cccc(N(C)c2nc(CNC(C)C)co2)c1. The zero-order valence-corrected chi connectivity index (χ0v) is 12.0. The second-order valence-electron chi connectivity index (χ2n) is 5.06. The van der Waals surface area contributed by atoms with Gasteiger partial charge in [0.25, 0.3) is 0 Å². The molecule has 0 spiro atoms. The lowest BCUT2D eigenvalue weighted by Gasteiger charge is -2.14. The molecule has 0 unspecified atom stereocenters. The van der Waals surface area contributed by atoms with Gasteiger partial charge in [0, 0.05) is 25.3 Å². The van der Waals surface area contributed by atoms with Crippen molar-refractivity contribution in [2.24, 2.45) is 0 Å². The van der Waals surface area contributed by atoms with Crippen LogP contribution in [0.3, 0.4) is 0 Å². The second-order valence-corrected chi connectivity index (χ2v) is 5.06. The van der Waals surface area contributed by atoms with E-state index in [9.17, 15) is 0 Å². The third-order valence-electron chi connectivity index (χ3n) is 2.91. The van der Waals surface area contributed by atoms with Crippen LogP contribution in [0.25, 0.3) is 0 Å². The molecule has 4 heteroatoms. The van der Waals surface area contributed by atoms with Gasteiger partial charge in [-0.05, 0) is 24.6 Å². The fourth-order valence-electron chi connectivity index (χ4n) is 1.79. The van der Waals surface area contributed by atoms with Crippen LogP contribution >= 0.6 is 0 Å². The number of anilines is 2. The Morgan fingerprint density at radius 1 is 1.37 bits per heavy atom. The molecule has 0 aliphatic heterocycles. The molecule has 1 N–H and O–H groups in total. The van der Waals surface area contributed by atoms with Gasteiger partial charge in [0.1, 0.15) is 6.26 Å². The van der Waals surface area contributed by atoms with E-state index >= 15 is 0 Å². The molecule has 0 aliphatic carbocycles. The first-order valence-electron chi connectivity index (χ1n) is 6.54. The minimum Gasteiger partial charge on any atom is -0.431 e. The average Bonchev–Trinajstić information content (AvgIpc) is 2.84. The monoisotopic (exact) mass is 259 g/mol. The van der Waals surface area contributed by atoms with Crippen LogP contribution in [-0.4, -0.2) is 18.1 Å². The normalized spacial score (nSPS) is 11.0. The third kappa shape index (κ3) is 3.58. The van der Waals surface area contributed by atoms with E-state index < -0.39 is 0 Å². The van der Waals surface area contributed by atoms with E-state index in [1.54, 1.807) is 6.26 Å². The van der Waals surface area contributed by atoms with Crippen molar-refractivity contribution < 1.29 is 4.42 Å². The lowest BCUT2D eigenvalue weighted by Crippen LogP contribution is -2.22. The summed E-state index contributed by atoms with van der Waals surface area (Å²) in [7, 11) is 1.96. The average molecular weight is 259 g/mol. The molecule has 0 atom stereocenters. The molecule has 102 valence electrons. The van der Waals surface area contributed by atoms with Gasteiger partial charge in [-0.25, -0.2) is 0 Å². The van der Waals surface area contributed by atoms with Gasteiger partial charge in [0.05, 0.1) is 5.69 Å². The number of benzene rings is 1. The zero-order chi connectivity index (χ0) is 13.8. The molecule has 0 radical (unpaired) electrons. The van der Waals surface area contributed by atoms with E-state index in [2.05, 4.69) is 43.2 Å². The summed E-state index contributed by atoms with van der Waals surface area (Å²) < 4.78 is 5.53. The molecule has 0 bridgehead atoms. The highest BCUT2D eigenvalue weighted by Gasteiger charge is 2.11. The van der Waals surface area contributed by atoms with Crippen molar-refractivity contribution in [2.45, 2.75) is 33.4 Å². The molecule has 0 amide bonds. The van der Waals surface area contributed by atoms with E-state index in [1.165, 1.54) is 5.56 Å². The molecular formula is C15H21N3O. The number of oxazole rings is 1. The minimum atomic E-state index is 0.439. The van der Waals surface area contributed by atoms with Crippen LogP contribution in [-0.2, 0) is 6.54 Å². The molecule has 0 saturated heterocycles. The van der Waals surface area contributed by atoms with E-state index in [-0.39, 0.29) is 0 Å². The minimum absolute atomic E-state index is 0.439. The highest BCUT2D eigenvalue weighted by atomic mass is 16.4. The molecule has 2 aromatic rings. The lowest BCUT2D eigenvalue weighted by molar-refractivity contribution is 0.552. The van der Waals surface area contributed by atoms with Gasteiger partial charge in [0.2, 0.25) is 0 Å². The molecule has 1 aromatic heterocycles. The van der Waals surface area contributed by atoms with Gasteiger partial charge >= 0.3 is 6.01 Å². The molecule has 0 saturated carbocycles. The second kappa shape index (κ2) is 5.89. The van der Waals surface area contributed by atoms with Crippen LogP contribution in [0.2, 0.25) is 0 Å². The van der Waals surface area contributed by atoms with Crippen molar-refractivity contribution in [2.75, 3.05) is 11.9 Å². The number of nitrogens with one attached hydrogen (secondary N) is 1. The summed E-state index contributed by atoms with van der Waals surface area (Å²) in [4.78, 5) is 6.44. The van der Waals surface area contributed by atoms with Crippen LogP contribution in [0.5, 0.6) is 0 Å². The van der Waals surface area contributed by atoms with Gasteiger partial charge in [-0.2, -0.15) is 4.98 Å². The first-order valence-corrected chi connectivity index (χ1v) is 6.54. The predicted octanol–water partition coefficient (Wildman–Crippen LogP) is 3.25. The van der Waals surface area contributed by atoms with E-state index in [0.29, 0.717) is 12.1 Å². The fraction of sp³-hybridized carbons (Fsp3) is 0.400. The first-order chi connectivity index (χ1) is 9.06. The lowest BCUT2D eigenvalue weighted by atomic mass is 10.2. The Morgan fingerprint density at radius 3 is 2.84 bits per heavy atom. The highest BCUT2D eigenvalue weighted by molar-refractivity contribution is 5.56. The first kappa shape index (κ1) is 13.6. The molecule has 1 heterocycles. The van der Waals surface area contributed by atoms with E-state index in [4.69, 9.17) is 4.42 Å². The van der Waals surface area contributed by atoms with Crippen LogP contribution in [0.15, 0.2) is 34.9 Å². The standard InChI is InChI=1S/C15H21N3O/c1-11(2)16-9-13-10-19-15(17-13)18(4)14-7-5-6-12(3)8-14/h5-8,10-11,16H,9H2,1-4H3. The number of aryl methyl sites for hydroxylation is 1. The molecule has 2 rings (SSSR count). The molecular weight excluding hydrogens is 238 g/mol. The summed E-state index contributed by atoms with van der Waals surface area (Å²) in [6.45, 7) is 7.02. The Morgan fingerprint density at radius 2 is 2.16 bits per heavy atom. The summed E-state index contributed by atoms with van der Waals surface area (Å²) in [6, 6.07) is 9.32. The van der Waals surface area contributed by atoms with Crippen LogP contribution < -0.4 is 10.2 Å². The maximum atomic E-state index is 5.53. The number of aromatic nitrogens is 1. The Labute approximate surface area is 114 Å². The van der Waals surface area contributed by atoms with E-state index in [0.717, 1.165) is 17.9 Å². The number of rotatable bonds is 5. The van der Waals surface area contributed by atoms with Gasteiger partial charge in [-0.15, -0.1) is 0 Å². The number of hydrogen-bond donors (Lipinski definition) is 1. The summed E-state index contributed by atoms with van der Waals surface area (Å²) in [6.07, 6.45) is 1.71.